The van der Waals surface area contributed by atoms with E-state index >= 15 is 0 Å². The summed E-state index contributed by atoms with van der Waals surface area (Å²) in [5, 5.41) is 16.6. The molecule has 0 atom stereocenters. The summed E-state index contributed by atoms with van der Waals surface area (Å²) in [4.78, 5) is 16.6. The number of rotatable bonds is 4. The lowest BCUT2D eigenvalue weighted by molar-refractivity contribution is 1.08. The van der Waals surface area contributed by atoms with Gasteiger partial charge in [-0.05, 0) is 109 Å². The highest BCUT2D eigenvalue weighted by Gasteiger charge is 2.24. The molecule has 5 heteroatoms. The summed E-state index contributed by atoms with van der Waals surface area (Å²) in [5.74, 6) is 1.92. The molecule has 0 radical (unpaired) electrons. The Morgan fingerprint density at radius 3 is 1.62 bits per heavy atom. The molecular formula is C59H34N4S. The highest BCUT2D eigenvalue weighted by atomic mass is 32.1. The standard InChI is InChI=1S/C59H34N4S/c1-2-18-41(19-3-1)63-50-25-13-12-23-45(50)47-32-40(28-29-51(47)63)58-60-57(39-27-26-35-14-4-5-15-36(35)30-39)61-59(62-58)56-54-46-24-11-10-21-43(46)42-20-8-9-22-44(42)48(54)34-53-55(56)49-31-37-16-6-7-17-38(37)33-52(49)64-53/h1-34H. The first-order valence-corrected chi connectivity index (χ1v) is 22.5. The van der Waals surface area contributed by atoms with Gasteiger partial charge in [0, 0.05) is 58.7 Å². The van der Waals surface area contributed by atoms with Crippen LogP contribution in [0, 0.1) is 0 Å². The fourth-order valence-corrected chi connectivity index (χ4v) is 11.5. The number of nitrogens with zero attached hydrogens (tertiary/aromatic N) is 4. The molecule has 0 bridgehead atoms. The Kier molecular flexibility index (Phi) is 7.53. The Morgan fingerprint density at radius 2 is 0.859 bits per heavy atom. The minimum absolute atomic E-state index is 0.631. The van der Waals surface area contributed by atoms with Gasteiger partial charge < -0.3 is 4.57 Å². The minimum atomic E-state index is 0.631. The van der Waals surface area contributed by atoms with Gasteiger partial charge in [0.05, 0.1) is 11.0 Å². The highest BCUT2D eigenvalue weighted by Crippen LogP contribution is 2.49. The Labute approximate surface area is 371 Å². The molecule has 14 rings (SSSR count). The fourth-order valence-electron chi connectivity index (χ4n) is 10.3. The normalized spacial score (nSPS) is 12.1. The summed E-state index contributed by atoms with van der Waals surface area (Å²) < 4.78 is 4.79. The van der Waals surface area contributed by atoms with E-state index < -0.39 is 0 Å². The van der Waals surface area contributed by atoms with Crippen LogP contribution in [0.2, 0.25) is 0 Å². The number of hydrogen-bond acceptors (Lipinski definition) is 4. The number of para-hydroxylation sites is 2. The van der Waals surface area contributed by atoms with Crippen molar-refractivity contribution in [1.29, 1.82) is 0 Å². The first-order valence-electron chi connectivity index (χ1n) is 21.7. The van der Waals surface area contributed by atoms with Gasteiger partial charge in [-0.2, -0.15) is 0 Å². The van der Waals surface area contributed by atoms with E-state index in [9.17, 15) is 0 Å². The van der Waals surface area contributed by atoms with Crippen LogP contribution in [0.1, 0.15) is 0 Å². The van der Waals surface area contributed by atoms with E-state index in [2.05, 4.69) is 211 Å². The number of thiophene rings is 1. The van der Waals surface area contributed by atoms with Gasteiger partial charge in [0.1, 0.15) is 0 Å². The molecule has 0 fully saturated rings. The molecule has 0 unspecified atom stereocenters. The zero-order chi connectivity index (χ0) is 41.9. The average Bonchev–Trinajstić information content (AvgIpc) is 3.89. The van der Waals surface area contributed by atoms with Crippen LogP contribution >= 0.6 is 11.3 Å². The Hall–Kier alpha value is -8.25. The largest absolute Gasteiger partial charge is 0.309 e. The van der Waals surface area contributed by atoms with Gasteiger partial charge >= 0.3 is 0 Å². The van der Waals surface area contributed by atoms with Crippen molar-refractivity contribution in [3.63, 3.8) is 0 Å². The predicted octanol–water partition coefficient (Wildman–Crippen LogP) is 16.1. The smallest absolute Gasteiger partial charge is 0.165 e. The van der Waals surface area contributed by atoms with Crippen molar-refractivity contribution in [2.24, 2.45) is 0 Å². The Morgan fingerprint density at radius 1 is 0.312 bits per heavy atom. The van der Waals surface area contributed by atoms with Crippen LogP contribution in [0.15, 0.2) is 206 Å². The third-order valence-corrected chi connectivity index (χ3v) is 14.2. The van der Waals surface area contributed by atoms with Gasteiger partial charge in [0.15, 0.2) is 17.5 Å². The molecule has 0 saturated heterocycles. The molecule has 0 aliphatic rings. The first-order chi connectivity index (χ1) is 31.7. The van der Waals surface area contributed by atoms with E-state index in [1.165, 1.54) is 68.6 Å². The van der Waals surface area contributed by atoms with Crippen LogP contribution in [0.25, 0.3) is 136 Å². The summed E-state index contributed by atoms with van der Waals surface area (Å²) in [7, 11) is 0. The molecule has 0 saturated carbocycles. The van der Waals surface area contributed by atoms with E-state index in [0.29, 0.717) is 17.5 Å². The monoisotopic (exact) mass is 830 g/mol. The van der Waals surface area contributed by atoms with E-state index in [1.54, 1.807) is 0 Å². The summed E-state index contributed by atoms with van der Waals surface area (Å²) in [6, 6.07) is 74.4. The van der Waals surface area contributed by atoms with Crippen LogP contribution in [0.5, 0.6) is 0 Å². The van der Waals surface area contributed by atoms with Crippen molar-refractivity contribution in [3.8, 4) is 39.9 Å². The molecule has 4 nitrogen and oxygen atoms in total. The Bertz CT molecular complexity index is 4260. The molecule has 0 N–H and O–H groups in total. The lowest BCUT2D eigenvalue weighted by Gasteiger charge is -2.16. The summed E-state index contributed by atoms with van der Waals surface area (Å²) >= 11 is 1.85. The number of benzene rings is 11. The van der Waals surface area contributed by atoms with Crippen molar-refractivity contribution < 1.29 is 0 Å². The SMILES string of the molecule is c1ccc(-n2c3ccccc3c3cc(-c4nc(-c5ccc6ccccc6c5)nc(-c5c6c(cc7c8ccccc8c8ccccc8c57)sc5cc7ccccc7cc56)n4)ccc32)cc1. The topological polar surface area (TPSA) is 43.6 Å². The molecule has 3 heterocycles. The molecule has 11 aromatic carbocycles. The second-order valence-corrected chi connectivity index (χ2v) is 17.8. The van der Waals surface area contributed by atoms with Gasteiger partial charge in [-0.1, -0.05) is 146 Å². The van der Waals surface area contributed by atoms with Gasteiger partial charge in [-0.3, -0.25) is 0 Å². The van der Waals surface area contributed by atoms with Crippen LogP contribution < -0.4 is 0 Å². The molecule has 0 aliphatic heterocycles. The fraction of sp³-hybridized carbons (Fsp3) is 0. The van der Waals surface area contributed by atoms with Gasteiger partial charge in [-0.25, -0.2) is 15.0 Å². The quantitative estimate of drug-likeness (QED) is 0.166. The van der Waals surface area contributed by atoms with Crippen molar-refractivity contribution >= 4 is 107 Å². The molecular weight excluding hydrogens is 797 g/mol. The van der Waals surface area contributed by atoms with Crippen molar-refractivity contribution in [3.05, 3.63) is 206 Å². The second-order valence-electron chi connectivity index (χ2n) is 16.7. The van der Waals surface area contributed by atoms with E-state index in [1.807, 2.05) is 11.3 Å². The molecule has 64 heavy (non-hydrogen) atoms. The molecule has 296 valence electrons. The van der Waals surface area contributed by atoms with Crippen molar-refractivity contribution in [2.75, 3.05) is 0 Å². The minimum Gasteiger partial charge on any atom is -0.309 e. The maximum Gasteiger partial charge on any atom is 0.165 e. The number of aromatic nitrogens is 4. The first kappa shape index (κ1) is 35.4. The van der Waals surface area contributed by atoms with Crippen LogP contribution in [0.3, 0.4) is 0 Å². The third kappa shape index (κ3) is 5.25. The molecule has 0 spiro atoms. The highest BCUT2D eigenvalue weighted by molar-refractivity contribution is 7.26. The summed E-state index contributed by atoms with van der Waals surface area (Å²) in [5.41, 5.74) is 6.32. The maximum atomic E-state index is 5.63. The lowest BCUT2D eigenvalue weighted by atomic mass is 9.89. The molecule has 0 amide bonds. The van der Waals surface area contributed by atoms with Gasteiger partial charge in [0.2, 0.25) is 0 Å². The van der Waals surface area contributed by atoms with Crippen LogP contribution in [-0.2, 0) is 0 Å². The number of fused-ring (bicyclic) bond motifs is 14. The molecule has 14 aromatic rings. The summed E-state index contributed by atoms with van der Waals surface area (Å²) in [6.45, 7) is 0. The predicted molar refractivity (Wildman–Crippen MR) is 271 cm³/mol. The molecule has 0 aliphatic carbocycles. The van der Waals surface area contributed by atoms with Crippen LogP contribution in [-0.4, -0.2) is 19.5 Å². The van der Waals surface area contributed by atoms with Crippen LogP contribution in [0.4, 0.5) is 0 Å². The van der Waals surface area contributed by atoms with E-state index in [0.717, 1.165) is 49.6 Å². The Balaban J connectivity index is 1.13. The van der Waals surface area contributed by atoms with Gasteiger partial charge in [-0.15, -0.1) is 11.3 Å². The summed E-state index contributed by atoms with van der Waals surface area (Å²) in [6.07, 6.45) is 0. The van der Waals surface area contributed by atoms with Crippen molar-refractivity contribution in [2.45, 2.75) is 0 Å². The second kappa shape index (κ2) is 13.6. The maximum absolute atomic E-state index is 5.63. The third-order valence-electron chi connectivity index (χ3n) is 13.1. The molecule has 3 aromatic heterocycles. The number of hydrogen-bond donors (Lipinski definition) is 0. The average molecular weight is 831 g/mol. The zero-order valence-electron chi connectivity index (χ0n) is 34.3. The van der Waals surface area contributed by atoms with Crippen molar-refractivity contribution in [1.82, 2.24) is 19.5 Å². The van der Waals surface area contributed by atoms with E-state index in [4.69, 9.17) is 15.0 Å². The zero-order valence-corrected chi connectivity index (χ0v) is 35.1. The lowest BCUT2D eigenvalue weighted by Crippen LogP contribution is -2.01. The van der Waals surface area contributed by atoms with E-state index in [-0.39, 0.29) is 0 Å². The van der Waals surface area contributed by atoms with Gasteiger partial charge in [0.25, 0.3) is 0 Å².